The summed E-state index contributed by atoms with van der Waals surface area (Å²) in [5.74, 6) is 1.45. The Morgan fingerprint density at radius 3 is 2.59 bits per heavy atom. The highest BCUT2D eigenvalue weighted by molar-refractivity contribution is 7.98. The van der Waals surface area contributed by atoms with Crippen LogP contribution in [0.5, 0.6) is 0 Å². The Bertz CT molecular complexity index is 1090. The van der Waals surface area contributed by atoms with Crippen molar-refractivity contribution in [2.75, 3.05) is 23.3 Å². The monoisotopic (exact) mass is 470 g/mol. The molecule has 1 saturated heterocycles. The number of thioether (sulfide) groups is 1. The van der Waals surface area contributed by atoms with Gasteiger partial charge in [0.15, 0.2) is 5.16 Å². The summed E-state index contributed by atoms with van der Waals surface area (Å²) in [6.07, 6.45) is 2.31. The molecule has 0 atom stereocenters. The van der Waals surface area contributed by atoms with Gasteiger partial charge < -0.3 is 10.2 Å². The van der Waals surface area contributed by atoms with Crippen LogP contribution in [0.4, 0.5) is 15.9 Å². The Labute approximate surface area is 196 Å². The highest BCUT2D eigenvalue weighted by atomic mass is 35.5. The van der Waals surface area contributed by atoms with Crippen molar-refractivity contribution in [2.24, 2.45) is 5.92 Å². The number of rotatable bonds is 6. The zero-order chi connectivity index (χ0) is 22.5. The third-order valence-corrected chi connectivity index (χ3v) is 6.59. The summed E-state index contributed by atoms with van der Waals surface area (Å²) in [5, 5.41) is 3.66. The minimum absolute atomic E-state index is 0.161. The second kappa shape index (κ2) is 10.3. The maximum Gasteiger partial charge on any atom is 0.255 e. The van der Waals surface area contributed by atoms with Crippen molar-refractivity contribution in [3.63, 3.8) is 0 Å². The molecule has 0 bridgehead atoms. The number of carbonyl (C=O) groups excluding carboxylic acids is 1. The van der Waals surface area contributed by atoms with Gasteiger partial charge in [-0.15, -0.1) is 0 Å². The van der Waals surface area contributed by atoms with Gasteiger partial charge in [0.05, 0.1) is 5.69 Å². The number of nitrogens with one attached hydrogen (secondary N) is 1. The van der Waals surface area contributed by atoms with Gasteiger partial charge >= 0.3 is 0 Å². The molecule has 0 aliphatic carbocycles. The van der Waals surface area contributed by atoms with Gasteiger partial charge in [-0.3, -0.25) is 4.79 Å². The van der Waals surface area contributed by atoms with Crippen LogP contribution in [-0.4, -0.2) is 29.0 Å². The van der Waals surface area contributed by atoms with Crippen LogP contribution in [0.25, 0.3) is 0 Å². The minimum atomic E-state index is -0.464. The normalized spacial score (nSPS) is 14.4. The first-order chi connectivity index (χ1) is 15.5. The van der Waals surface area contributed by atoms with E-state index in [1.165, 1.54) is 23.9 Å². The van der Waals surface area contributed by atoms with Crippen molar-refractivity contribution in [3.8, 4) is 0 Å². The van der Waals surface area contributed by atoms with E-state index in [2.05, 4.69) is 22.1 Å². The van der Waals surface area contributed by atoms with Gasteiger partial charge in [-0.1, -0.05) is 54.6 Å². The first kappa shape index (κ1) is 22.6. The van der Waals surface area contributed by atoms with Crippen molar-refractivity contribution >= 4 is 40.8 Å². The number of carbonyl (C=O) groups is 1. The number of piperidine rings is 1. The molecular formula is C24H24ClFN4OS. The molecule has 1 aliphatic heterocycles. The number of benzene rings is 2. The van der Waals surface area contributed by atoms with Crippen molar-refractivity contribution < 1.29 is 9.18 Å². The summed E-state index contributed by atoms with van der Waals surface area (Å²) in [4.78, 5) is 23.7. The third-order valence-electron chi connectivity index (χ3n) is 5.47. The highest BCUT2D eigenvalue weighted by Gasteiger charge is 2.18. The van der Waals surface area contributed by atoms with Gasteiger partial charge in [-0.25, -0.2) is 14.4 Å². The average Bonchev–Trinajstić information content (AvgIpc) is 2.79. The molecule has 8 heteroatoms. The number of anilines is 2. The van der Waals surface area contributed by atoms with E-state index >= 15 is 0 Å². The maximum atomic E-state index is 13.7. The lowest BCUT2D eigenvalue weighted by atomic mass is 9.99. The van der Waals surface area contributed by atoms with Crippen LogP contribution in [-0.2, 0) is 5.75 Å². The Morgan fingerprint density at radius 2 is 1.88 bits per heavy atom. The third kappa shape index (κ3) is 5.78. The van der Waals surface area contributed by atoms with E-state index in [1.807, 2.05) is 18.2 Å². The van der Waals surface area contributed by atoms with E-state index in [9.17, 15) is 9.18 Å². The predicted molar refractivity (Wildman–Crippen MR) is 128 cm³/mol. The zero-order valence-corrected chi connectivity index (χ0v) is 19.3. The zero-order valence-electron chi connectivity index (χ0n) is 17.7. The summed E-state index contributed by atoms with van der Waals surface area (Å²) in [7, 11) is 0. The number of hydrogen-bond donors (Lipinski definition) is 1. The van der Waals surface area contributed by atoms with Gasteiger partial charge in [0, 0.05) is 30.5 Å². The van der Waals surface area contributed by atoms with Crippen molar-refractivity contribution in [2.45, 2.75) is 30.7 Å². The van der Waals surface area contributed by atoms with Gasteiger partial charge in [-0.05, 0) is 48.6 Å². The fraction of sp³-hybridized carbons (Fsp3) is 0.292. The summed E-state index contributed by atoms with van der Waals surface area (Å²) in [6, 6.07) is 15.1. The molecule has 0 saturated carbocycles. The number of para-hydroxylation sites is 1. The molecule has 3 aromatic rings. The molecule has 2 aromatic carbocycles. The van der Waals surface area contributed by atoms with E-state index in [4.69, 9.17) is 16.6 Å². The molecule has 1 aromatic heterocycles. The van der Waals surface area contributed by atoms with Gasteiger partial charge in [-0.2, -0.15) is 0 Å². The van der Waals surface area contributed by atoms with Crippen molar-refractivity contribution in [3.05, 3.63) is 76.7 Å². The maximum absolute atomic E-state index is 13.7. The number of amides is 1. The van der Waals surface area contributed by atoms with Crippen LogP contribution in [0.15, 0.2) is 59.8 Å². The number of aromatic nitrogens is 2. The van der Waals surface area contributed by atoms with Crippen LogP contribution in [0, 0.1) is 11.7 Å². The highest BCUT2D eigenvalue weighted by Crippen LogP contribution is 2.27. The van der Waals surface area contributed by atoms with Gasteiger partial charge in [0.2, 0.25) is 0 Å². The number of halogens is 2. The summed E-state index contributed by atoms with van der Waals surface area (Å²) in [6.45, 7) is 4.24. The van der Waals surface area contributed by atoms with E-state index in [1.54, 1.807) is 24.3 Å². The number of hydrogen-bond acceptors (Lipinski definition) is 5. The summed E-state index contributed by atoms with van der Waals surface area (Å²) < 4.78 is 13.7. The Balaban J connectivity index is 1.37. The molecule has 5 nitrogen and oxygen atoms in total. The van der Waals surface area contributed by atoms with Crippen LogP contribution >= 0.6 is 23.4 Å². The topological polar surface area (TPSA) is 58.1 Å². The van der Waals surface area contributed by atoms with E-state index in [0.29, 0.717) is 21.6 Å². The Hall–Kier alpha value is -2.64. The molecule has 32 heavy (non-hydrogen) atoms. The fourth-order valence-corrected chi connectivity index (χ4v) is 4.54. The molecule has 1 aliphatic rings. The van der Waals surface area contributed by atoms with Crippen molar-refractivity contribution in [1.29, 1.82) is 0 Å². The number of nitrogens with zero attached hydrogens (tertiary/aromatic N) is 3. The molecule has 0 spiro atoms. The molecule has 1 amide bonds. The molecular weight excluding hydrogens is 447 g/mol. The predicted octanol–water partition coefficient (Wildman–Crippen LogP) is 6.05. The summed E-state index contributed by atoms with van der Waals surface area (Å²) in [5.41, 5.74) is 1.64. The van der Waals surface area contributed by atoms with Gasteiger partial charge in [0.25, 0.3) is 5.91 Å². The van der Waals surface area contributed by atoms with E-state index < -0.39 is 5.82 Å². The molecule has 0 radical (unpaired) electrons. The van der Waals surface area contributed by atoms with Gasteiger partial charge in [0.1, 0.15) is 16.8 Å². The quantitative estimate of drug-likeness (QED) is 0.270. The van der Waals surface area contributed by atoms with E-state index in [0.717, 1.165) is 43.2 Å². The lowest BCUT2D eigenvalue weighted by molar-refractivity contribution is 0.102. The largest absolute Gasteiger partial charge is 0.356 e. The SMILES string of the molecule is CC1CCN(c2cc(Cl)nc(SCc3ccc(C(=O)Nc4ccccc4F)cc3)n2)CC1. The molecule has 4 rings (SSSR count). The lowest BCUT2D eigenvalue weighted by Crippen LogP contribution is -2.33. The van der Waals surface area contributed by atoms with Crippen LogP contribution in [0.3, 0.4) is 0 Å². The molecule has 2 heterocycles. The standard InChI is InChI=1S/C24H24ClFN4OS/c1-16-10-12-30(13-11-16)22-14-21(25)28-24(29-22)32-15-17-6-8-18(9-7-17)23(31)27-20-5-3-2-4-19(20)26/h2-9,14,16H,10-13,15H2,1H3,(H,27,31). The van der Waals surface area contributed by atoms with E-state index in [-0.39, 0.29) is 11.6 Å². The second-order valence-corrected chi connectivity index (χ2v) is 9.25. The minimum Gasteiger partial charge on any atom is -0.356 e. The molecule has 166 valence electrons. The Morgan fingerprint density at radius 1 is 1.16 bits per heavy atom. The molecule has 0 unspecified atom stereocenters. The lowest BCUT2D eigenvalue weighted by Gasteiger charge is -2.31. The molecule has 1 fully saturated rings. The smallest absolute Gasteiger partial charge is 0.255 e. The molecule has 1 N–H and O–H groups in total. The first-order valence-corrected chi connectivity index (χ1v) is 11.9. The first-order valence-electron chi connectivity index (χ1n) is 10.5. The van der Waals surface area contributed by atoms with Crippen LogP contribution < -0.4 is 10.2 Å². The second-order valence-electron chi connectivity index (χ2n) is 7.92. The van der Waals surface area contributed by atoms with Crippen molar-refractivity contribution in [1.82, 2.24) is 9.97 Å². The van der Waals surface area contributed by atoms with Crippen LogP contribution in [0.2, 0.25) is 5.15 Å². The van der Waals surface area contributed by atoms with Crippen LogP contribution in [0.1, 0.15) is 35.7 Å². The average molecular weight is 471 g/mol. The Kier molecular flexibility index (Phi) is 7.27. The summed E-state index contributed by atoms with van der Waals surface area (Å²) >= 11 is 7.75. The fourth-order valence-electron chi connectivity index (χ4n) is 3.51.